The summed E-state index contributed by atoms with van der Waals surface area (Å²) in [6.07, 6.45) is 0. The van der Waals surface area contributed by atoms with E-state index in [0.717, 1.165) is 22.0 Å². The Hall–Kier alpha value is -1.90. The van der Waals surface area contributed by atoms with Gasteiger partial charge < -0.3 is 5.73 Å². The molecule has 0 aliphatic carbocycles. The Kier molecular flexibility index (Phi) is 2.60. The molecule has 2 rings (SSSR count). The van der Waals surface area contributed by atoms with E-state index in [1.54, 1.807) is 13.0 Å². The summed E-state index contributed by atoms with van der Waals surface area (Å²) >= 11 is 0. The number of nitrogens with two attached hydrogens (primary N) is 1. The highest BCUT2D eigenvalue weighted by molar-refractivity contribution is 5.91. The first-order valence-corrected chi connectivity index (χ1v) is 5.07. The van der Waals surface area contributed by atoms with Crippen LogP contribution in [0.15, 0.2) is 35.3 Å². The zero-order chi connectivity index (χ0) is 11.7. The van der Waals surface area contributed by atoms with Gasteiger partial charge >= 0.3 is 0 Å². The maximum Gasteiger partial charge on any atom is 0.123 e. The third kappa shape index (κ3) is 1.89. The molecule has 0 spiro atoms. The number of benzene rings is 2. The molecular weight excluding hydrogens is 203 g/mol. The molecule has 82 valence electrons. The van der Waals surface area contributed by atoms with E-state index in [-0.39, 0.29) is 5.82 Å². The molecule has 0 saturated carbocycles. The van der Waals surface area contributed by atoms with Crippen molar-refractivity contribution in [2.45, 2.75) is 13.8 Å². The van der Waals surface area contributed by atoms with Crippen molar-refractivity contribution in [1.82, 2.24) is 0 Å². The Morgan fingerprint density at radius 3 is 2.69 bits per heavy atom. The fraction of sp³-hybridized carbons (Fsp3) is 0.154. The fourth-order valence-corrected chi connectivity index (χ4v) is 1.76. The third-order valence-corrected chi connectivity index (χ3v) is 2.52. The Bertz CT molecular complexity index is 569. The second-order valence-corrected chi connectivity index (χ2v) is 3.83. The van der Waals surface area contributed by atoms with Crippen molar-refractivity contribution < 1.29 is 4.39 Å². The summed E-state index contributed by atoms with van der Waals surface area (Å²) < 4.78 is 13.0. The van der Waals surface area contributed by atoms with Gasteiger partial charge in [-0.05, 0) is 48.4 Å². The van der Waals surface area contributed by atoms with Crippen molar-refractivity contribution in [2.24, 2.45) is 10.7 Å². The molecule has 0 aliphatic rings. The fourth-order valence-electron chi connectivity index (χ4n) is 1.76. The van der Waals surface area contributed by atoms with Crippen molar-refractivity contribution in [3.63, 3.8) is 0 Å². The van der Waals surface area contributed by atoms with Crippen molar-refractivity contribution in [3.05, 3.63) is 41.7 Å². The van der Waals surface area contributed by atoms with Crippen LogP contribution in [0.25, 0.3) is 10.8 Å². The number of aryl methyl sites for hydroxylation is 1. The summed E-state index contributed by atoms with van der Waals surface area (Å²) in [4.78, 5) is 4.23. The molecule has 0 fully saturated rings. The van der Waals surface area contributed by atoms with E-state index in [1.807, 2.05) is 19.1 Å². The molecule has 2 aromatic rings. The standard InChI is InChI=1S/C13H13FN2/c1-8-12-5-4-11(14)7-10(12)3-6-13(8)16-9(2)15/h3-7H,1-2H3,(H2,15,16). The van der Waals surface area contributed by atoms with Gasteiger partial charge in [0.25, 0.3) is 0 Å². The first-order chi connectivity index (χ1) is 7.58. The maximum absolute atomic E-state index is 13.0. The normalized spacial score (nSPS) is 12.1. The zero-order valence-electron chi connectivity index (χ0n) is 9.29. The van der Waals surface area contributed by atoms with Crippen LogP contribution in [0.3, 0.4) is 0 Å². The molecule has 16 heavy (non-hydrogen) atoms. The molecule has 0 radical (unpaired) electrons. The minimum Gasteiger partial charge on any atom is -0.387 e. The van der Waals surface area contributed by atoms with Crippen molar-refractivity contribution in [1.29, 1.82) is 0 Å². The van der Waals surface area contributed by atoms with Crippen LogP contribution in [0.1, 0.15) is 12.5 Å². The van der Waals surface area contributed by atoms with Gasteiger partial charge in [-0.15, -0.1) is 0 Å². The number of rotatable bonds is 1. The Balaban J connectivity index is 2.70. The van der Waals surface area contributed by atoms with Crippen molar-refractivity contribution in [3.8, 4) is 0 Å². The van der Waals surface area contributed by atoms with Gasteiger partial charge in [0.1, 0.15) is 5.82 Å². The largest absolute Gasteiger partial charge is 0.387 e. The number of halogens is 1. The van der Waals surface area contributed by atoms with Crippen LogP contribution in [0.5, 0.6) is 0 Å². The summed E-state index contributed by atoms with van der Waals surface area (Å²) in [6, 6.07) is 8.45. The highest BCUT2D eigenvalue weighted by atomic mass is 19.1. The summed E-state index contributed by atoms with van der Waals surface area (Å²) in [5, 5.41) is 1.88. The van der Waals surface area contributed by atoms with Crippen LogP contribution in [0, 0.1) is 12.7 Å². The topological polar surface area (TPSA) is 38.4 Å². The highest BCUT2D eigenvalue weighted by Crippen LogP contribution is 2.27. The van der Waals surface area contributed by atoms with Gasteiger partial charge in [-0.3, -0.25) is 0 Å². The van der Waals surface area contributed by atoms with Crippen molar-refractivity contribution in [2.75, 3.05) is 0 Å². The Labute approximate surface area is 93.6 Å². The van der Waals surface area contributed by atoms with Gasteiger partial charge in [-0.25, -0.2) is 9.38 Å². The molecule has 2 nitrogen and oxygen atoms in total. The lowest BCUT2D eigenvalue weighted by molar-refractivity contribution is 0.629. The van der Waals surface area contributed by atoms with Crippen LogP contribution in [-0.4, -0.2) is 5.84 Å². The van der Waals surface area contributed by atoms with Gasteiger partial charge in [0, 0.05) is 0 Å². The quantitative estimate of drug-likeness (QED) is 0.576. The van der Waals surface area contributed by atoms with E-state index in [0.29, 0.717) is 5.84 Å². The van der Waals surface area contributed by atoms with Gasteiger partial charge in [-0.1, -0.05) is 12.1 Å². The first-order valence-electron chi connectivity index (χ1n) is 5.07. The molecule has 0 aromatic heterocycles. The van der Waals surface area contributed by atoms with E-state index in [2.05, 4.69) is 4.99 Å². The van der Waals surface area contributed by atoms with Crippen LogP contribution >= 0.6 is 0 Å². The Morgan fingerprint density at radius 2 is 2.00 bits per heavy atom. The smallest absolute Gasteiger partial charge is 0.123 e. The molecule has 0 amide bonds. The third-order valence-electron chi connectivity index (χ3n) is 2.52. The number of nitrogens with zero attached hydrogens (tertiary/aromatic N) is 1. The van der Waals surface area contributed by atoms with E-state index >= 15 is 0 Å². The van der Waals surface area contributed by atoms with Crippen LogP contribution in [-0.2, 0) is 0 Å². The predicted molar refractivity (Wildman–Crippen MR) is 65.6 cm³/mol. The lowest BCUT2D eigenvalue weighted by Gasteiger charge is -2.06. The highest BCUT2D eigenvalue weighted by Gasteiger charge is 2.03. The van der Waals surface area contributed by atoms with Gasteiger partial charge in [0.05, 0.1) is 11.5 Å². The van der Waals surface area contributed by atoms with Gasteiger partial charge in [0.15, 0.2) is 0 Å². The molecule has 0 bridgehead atoms. The summed E-state index contributed by atoms with van der Waals surface area (Å²) in [6.45, 7) is 3.70. The average Bonchev–Trinajstić information content (AvgIpc) is 2.22. The Morgan fingerprint density at radius 1 is 1.25 bits per heavy atom. The lowest BCUT2D eigenvalue weighted by atomic mass is 10.0. The minimum atomic E-state index is -0.224. The number of fused-ring (bicyclic) bond motifs is 1. The predicted octanol–water partition coefficient (Wildman–Crippen LogP) is 3.30. The molecular formula is C13H13FN2. The molecule has 2 N–H and O–H groups in total. The summed E-state index contributed by atoms with van der Waals surface area (Å²) in [5.74, 6) is 0.294. The summed E-state index contributed by atoms with van der Waals surface area (Å²) in [7, 11) is 0. The van der Waals surface area contributed by atoms with E-state index < -0.39 is 0 Å². The monoisotopic (exact) mass is 216 g/mol. The molecule has 2 aromatic carbocycles. The van der Waals surface area contributed by atoms with E-state index in [9.17, 15) is 4.39 Å². The molecule has 3 heteroatoms. The lowest BCUT2D eigenvalue weighted by Crippen LogP contribution is -2.04. The van der Waals surface area contributed by atoms with Crippen LogP contribution in [0.2, 0.25) is 0 Å². The molecule has 0 aliphatic heterocycles. The number of hydrogen-bond donors (Lipinski definition) is 1. The molecule has 0 atom stereocenters. The number of aliphatic imine (C=N–C) groups is 1. The van der Waals surface area contributed by atoms with Gasteiger partial charge in [-0.2, -0.15) is 0 Å². The summed E-state index contributed by atoms with van der Waals surface area (Å²) in [5.41, 5.74) is 7.40. The maximum atomic E-state index is 13.0. The minimum absolute atomic E-state index is 0.224. The van der Waals surface area contributed by atoms with E-state index in [1.165, 1.54) is 12.1 Å². The van der Waals surface area contributed by atoms with Crippen molar-refractivity contribution >= 4 is 22.3 Å². The van der Waals surface area contributed by atoms with Gasteiger partial charge in [0.2, 0.25) is 0 Å². The number of hydrogen-bond acceptors (Lipinski definition) is 1. The van der Waals surface area contributed by atoms with Crippen LogP contribution in [0.4, 0.5) is 10.1 Å². The SMILES string of the molecule is CC(N)=Nc1ccc2cc(F)ccc2c1C. The molecule has 0 unspecified atom stereocenters. The van der Waals surface area contributed by atoms with Crippen LogP contribution < -0.4 is 5.73 Å². The second-order valence-electron chi connectivity index (χ2n) is 3.83. The second kappa shape index (κ2) is 3.93. The van der Waals surface area contributed by atoms with E-state index in [4.69, 9.17) is 5.73 Å². The molecule has 0 heterocycles. The number of amidine groups is 1. The molecule has 0 saturated heterocycles. The average molecular weight is 216 g/mol. The first kappa shape index (κ1) is 10.6. The zero-order valence-corrected chi connectivity index (χ0v) is 9.29.